The first kappa shape index (κ1) is 41.8. The Morgan fingerprint density at radius 3 is 2.25 bits per heavy atom. The van der Waals surface area contributed by atoms with Crippen LogP contribution in [0.4, 0.5) is 4.79 Å². The van der Waals surface area contributed by atoms with E-state index in [1.165, 1.54) is 19.2 Å². The number of aromatic carboxylic acids is 1. The maximum Gasteiger partial charge on any atom is 0.441 e. The van der Waals surface area contributed by atoms with E-state index >= 15 is 4.79 Å². The molecule has 53 heavy (non-hydrogen) atoms. The number of carbonyl (C=O) groups excluding carboxylic acids is 3. The van der Waals surface area contributed by atoms with Crippen molar-refractivity contribution in [2.45, 2.75) is 84.1 Å². The van der Waals surface area contributed by atoms with E-state index in [9.17, 15) is 23.7 Å². The highest BCUT2D eigenvalue weighted by Gasteiger charge is 2.53. The van der Waals surface area contributed by atoms with Crippen molar-refractivity contribution in [1.29, 1.82) is 0 Å². The first-order valence-electron chi connectivity index (χ1n) is 17.6. The van der Waals surface area contributed by atoms with Crippen molar-refractivity contribution in [2.24, 2.45) is 15.7 Å². The Morgan fingerprint density at radius 2 is 1.68 bits per heavy atom. The van der Waals surface area contributed by atoms with Crippen molar-refractivity contribution in [2.75, 3.05) is 19.5 Å². The van der Waals surface area contributed by atoms with Crippen molar-refractivity contribution in [3.63, 3.8) is 0 Å². The molecule has 1 heterocycles. The largest absolute Gasteiger partial charge is 0.496 e. The van der Waals surface area contributed by atoms with Gasteiger partial charge in [0.1, 0.15) is 17.1 Å². The maximum absolute atomic E-state index is 15.3. The normalized spacial score (nSPS) is 20.5. The average Bonchev–Trinajstić information content (AvgIpc) is 3.08. The van der Waals surface area contributed by atoms with Gasteiger partial charge in [-0.25, -0.2) is 13.8 Å². The van der Waals surface area contributed by atoms with Gasteiger partial charge in [-0.3, -0.25) is 9.59 Å². The highest BCUT2D eigenvalue weighted by atomic mass is 35.5. The molecule has 1 saturated heterocycles. The fourth-order valence-corrected chi connectivity index (χ4v) is 9.44. The minimum absolute atomic E-state index is 0.0289. The lowest BCUT2D eigenvalue weighted by molar-refractivity contribution is -0.157. The molecule has 13 heteroatoms. The number of ether oxygens (including phenoxy) is 2. The Bertz CT molecular complexity index is 1960. The van der Waals surface area contributed by atoms with Gasteiger partial charge in [0.15, 0.2) is 0 Å². The van der Waals surface area contributed by atoms with Crippen LogP contribution in [-0.4, -0.2) is 68.7 Å². The van der Waals surface area contributed by atoms with Crippen LogP contribution in [-0.2, 0) is 30.5 Å². The van der Waals surface area contributed by atoms with Gasteiger partial charge in [-0.1, -0.05) is 88.2 Å². The molecule has 5 atom stereocenters. The predicted molar refractivity (Wildman–Crippen MR) is 207 cm³/mol. The van der Waals surface area contributed by atoms with E-state index in [4.69, 9.17) is 32.7 Å². The molecule has 1 aliphatic rings. The van der Waals surface area contributed by atoms with E-state index in [2.05, 4.69) is 4.36 Å². The second-order valence-corrected chi connectivity index (χ2v) is 18.1. The first-order valence-corrected chi connectivity index (χ1v) is 20.1. The molecule has 0 aliphatic carbocycles. The number of amides is 2. The molecular weight excluding hydrogens is 739 g/mol. The van der Waals surface area contributed by atoms with Crippen molar-refractivity contribution >= 4 is 56.7 Å². The molecule has 0 spiro atoms. The zero-order valence-electron chi connectivity index (χ0n) is 31.1. The second kappa shape index (κ2) is 17.5. The smallest absolute Gasteiger partial charge is 0.441 e. The number of hydrogen-bond acceptors (Lipinski definition) is 7. The number of ketones is 1. The van der Waals surface area contributed by atoms with E-state index in [-0.39, 0.29) is 66.5 Å². The molecule has 1 fully saturated rings. The molecule has 0 bridgehead atoms. The lowest BCUT2D eigenvalue weighted by Gasteiger charge is -2.53. The van der Waals surface area contributed by atoms with Gasteiger partial charge < -0.3 is 19.5 Å². The minimum Gasteiger partial charge on any atom is -0.496 e. The third-order valence-corrected chi connectivity index (χ3v) is 13.1. The van der Waals surface area contributed by atoms with Crippen molar-refractivity contribution < 1.29 is 38.0 Å². The van der Waals surface area contributed by atoms with E-state index in [0.717, 1.165) is 11.1 Å². The Labute approximate surface area is 322 Å². The molecular formula is C40H48Cl2N2O8S. The Kier molecular flexibility index (Phi) is 13.8. The van der Waals surface area contributed by atoms with Crippen LogP contribution < -0.4 is 4.74 Å². The highest BCUT2D eigenvalue weighted by Crippen LogP contribution is 2.53. The summed E-state index contributed by atoms with van der Waals surface area (Å²) in [4.78, 5) is 55.4. The Morgan fingerprint density at radius 1 is 1.00 bits per heavy atom. The fraction of sp³-hybridized carbons (Fsp3) is 0.450. The first-order chi connectivity index (χ1) is 24.9. The lowest BCUT2D eigenvalue weighted by Crippen LogP contribution is -2.59. The van der Waals surface area contributed by atoms with Crippen LogP contribution in [0.1, 0.15) is 93.4 Å². The van der Waals surface area contributed by atoms with Crippen molar-refractivity contribution in [3.8, 4) is 5.75 Å². The zero-order valence-corrected chi connectivity index (χ0v) is 33.5. The molecule has 0 radical (unpaired) electrons. The van der Waals surface area contributed by atoms with Gasteiger partial charge >= 0.3 is 12.1 Å². The number of carboxylic acids is 1. The van der Waals surface area contributed by atoms with Gasteiger partial charge in [0.05, 0.1) is 40.7 Å². The van der Waals surface area contributed by atoms with Crippen LogP contribution in [0.5, 0.6) is 5.75 Å². The van der Waals surface area contributed by atoms with Gasteiger partial charge in [0.25, 0.3) is 0 Å². The summed E-state index contributed by atoms with van der Waals surface area (Å²) in [5.74, 6) is -2.31. The molecule has 0 saturated carbocycles. The number of carbonyl (C=O) groups is 4. The lowest BCUT2D eigenvalue weighted by atomic mass is 9.66. The number of hydrogen-bond donors (Lipinski definition) is 1. The fourth-order valence-electron chi connectivity index (χ4n) is 7.11. The van der Waals surface area contributed by atoms with E-state index in [1.54, 1.807) is 56.9 Å². The quantitative estimate of drug-likeness (QED) is 0.171. The molecule has 286 valence electrons. The molecule has 3 aromatic rings. The van der Waals surface area contributed by atoms with Gasteiger partial charge in [0.2, 0.25) is 5.91 Å². The standard InChI is InChI=1S/C40H48Cl2N2O8S/c1-8-52-39(49)43-53(50,25(4)5)23-34(24(2)3)44-36(27-13-15-29(41)16-14-27)33(28-10-9-11-30(42)20-28)22-40(6,38(44)48)21-31(45)18-26-12-17-32(37(46)47)35(19-26)51-7/h9-17,19-20,24-25,33-34,36H,8,18,21-23H2,1-7H3,(H,46,47)/t33-,34-,36-,40+,53?/m1/s1. The average molecular weight is 788 g/mol. The zero-order chi connectivity index (χ0) is 39.2. The molecule has 10 nitrogen and oxygen atoms in total. The van der Waals surface area contributed by atoms with Crippen LogP contribution in [0.15, 0.2) is 71.1 Å². The molecule has 1 aliphatic heterocycles. The summed E-state index contributed by atoms with van der Waals surface area (Å²) >= 11 is 12.9. The Hall–Kier alpha value is -3.93. The molecule has 0 aromatic heterocycles. The van der Waals surface area contributed by atoms with Gasteiger partial charge in [-0.15, -0.1) is 4.36 Å². The van der Waals surface area contributed by atoms with Crippen LogP contribution in [0.25, 0.3) is 0 Å². The minimum atomic E-state index is -3.27. The molecule has 3 aromatic carbocycles. The van der Waals surface area contributed by atoms with Crippen molar-refractivity contribution in [3.05, 3.63) is 99.0 Å². The number of piperidine rings is 1. The molecule has 2 amide bonds. The summed E-state index contributed by atoms with van der Waals surface area (Å²) in [5.41, 5.74) is 0.922. The van der Waals surface area contributed by atoms with Crippen LogP contribution in [0.3, 0.4) is 0 Å². The van der Waals surface area contributed by atoms with Gasteiger partial charge in [-0.05, 0) is 72.4 Å². The number of rotatable bonds is 14. The number of methoxy groups -OCH3 is 1. The predicted octanol–water partition coefficient (Wildman–Crippen LogP) is 9.02. The van der Waals surface area contributed by atoms with E-state index in [1.807, 2.05) is 44.2 Å². The Balaban J connectivity index is 1.90. The molecule has 1 N–H and O–H groups in total. The summed E-state index contributed by atoms with van der Waals surface area (Å²) in [7, 11) is -1.91. The third kappa shape index (κ3) is 9.79. The van der Waals surface area contributed by atoms with Crippen LogP contribution >= 0.6 is 23.2 Å². The van der Waals surface area contributed by atoms with Crippen LogP contribution in [0, 0.1) is 11.3 Å². The molecule has 1 unspecified atom stereocenters. The SMILES string of the molecule is CCOC(=O)N=S(=O)(C[C@H](C(C)C)N1C(=O)[C@@](C)(CC(=O)Cc2ccc(C(=O)O)c(OC)c2)C[C@H](c2cccc(Cl)c2)[C@H]1c1ccc(Cl)cc1)C(C)C. The van der Waals surface area contributed by atoms with Gasteiger partial charge in [0, 0.05) is 40.1 Å². The van der Waals surface area contributed by atoms with Crippen molar-refractivity contribution in [1.82, 2.24) is 4.90 Å². The number of carboxylic acid groups (broad SMARTS) is 1. The van der Waals surface area contributed by atoms with E-state index in [0.29, 0.717) is 15.6 Å². The second-order valence-electron chi connectivity index (χ2n) is 14.4. The summed E-state index contributed by atoms with van der Waals surface area (Å²) < 4.78 is 29.1. The van der Waals surface area contributed by atoms with Crippen LogP contribution in [0.2, 0.25) is 10.0 Å². The number of likely N-dealkylation sites (tertiary alicyclic amines) is 1. The number of halogens is 2. The number of nitrogens with zero attached hydrogens (tertiary/aromatic N) is 2. The van der Waals surface area contributed by atoms with E-state index < -0.39 is 44.5 Å². The monoisotopic (exact) mass is 786 g/mol. The number of benzene rings is 3. The summed E-state index contributed by atoms with van der Waals surface area (Å²) in [6.07, 6.45) is -0.837. The third-order valence-electron chi connectivity index (χ3n) is 9.85. The topological polar surface area (TPSA) is 140 Å². The van der Waals surface area contributed by atoms with Gasteiger partial charge in [-0.2, -0.15) is 0 Å². The molecule has 4 rings (SSSR count). The maximum atomic E-state index is 15.3. The highest BCUT2D eigenvalue weighted by molar-refractivity contribution is 7.94. The summed E-state index contributed by atoms with van der Waals surface area (Å²) in [6.45, 7) is 10.8. The number of Topliss-reactive ketones (excluding diaryl/α,β-unsaturated/α-hetero) is 1. The summed E-state index contributed by atoms with van der Waals surface area (Å²) in [5, 5.41) is 10.00. The summed E-state index contributed by atoms with van der Waals surface area (Å²) in [6, 6.07) is 17.9.